The van der Waals surface area contributed by atoms with Crippen molar-refractivity contribution in [3.05, 3.63) is 41.0 Å². The zero-order chi connectivity index (χ0) is 17.1. The van der Waals surface area contributed by atoms with E-state index in [-0.39, 0.29) is 5.91 Å². The Morgan fingerprint density at radius 1 is 1.38 bits per heavy atom. The highest BCUT2D eigenvalue weighted by Crippen LogP contribution is 2.27. The first-order valence-corrected chi connectivity index (χ1v) is 8.47. The van der Waals surface area contributed by atoms with Crippen LogP contribution >= 0.6 is 0 Å². The Balaban J connectivity index is 1.64. The number of piperidine rings is 1. The summed E-state index contributed by atoms with van der Waals surface area (Å²) >= 11 is 0. The zero-order valence-corrected chi connectivity index (χ0v) is 14.5. The summed E-state index contributed by atoms with van der Waals surface area (Å²) in [5.74, 6) is 3.02. The number of carbonyl (C=O) groups excluding carboxylic acids is 1. The van der Waals surface area contributed by atoms with Crippen molar-refractivity contribution in [1.82, 2.24) is 20.1 Å². The number of hydrogen-bond acceptors (Lipinski definition) is 4. The number of carbonyl (C=O) groups is 1. The van der Waals surface area contributed by atoms with E-state index in [9.17, 15) is 4.79 Å². The summed E-state index contributed by atoms with van der Waals surface area (Å²) in [6, 6.07) is 5.60. The lowest BCUT2D eigenvalue weighted by Crippen LogP contribution is -2.38. The molecule has 1 aliphatic rings. The van der Waals surface area contributed by atoms with Gasteiger partial charge in [0.15, 0.2) is 5.82 Å². The SMILES string of the molecule is CCc1nc(C2CCN(C(=O)c3ccc(OC)cc3C)CC2)n[nH]1. The number of rotatable bonds is 4. The van der Waals surface area contributed by atoms with Crippen molar-refractivity contribution in [3.8, 4) is 5.75 Å². The second kappa shape index (κ2) is 7.03. The maximum Gasteiger partial charge on any atom is 0.254 e. The zero-order valence-electron chi connectivity index (χ0n) is 14.5. The molecule has 128 valence electrons. The summed E-state index contributed by atoms with van der Waals surface area (Å²) in [5.41, 5.74) is 1.70. The van der Waals surface area contributed by atoms with Crippen LogP contribution in [0.15, 0.2) is 18.2 Å². The number of aromatic amines is 1. The molecular weight excluding hydrogens is 304 g/mol. The highest BCUT2D eigenvalue weighted by molar-refractivity contribution is 5.95. The minimum atomic E-state index is 0.0952. The summed E-state index contributed by atoms with van der Waals surface area (Å²) in [4.78, 5) is 19.2. The number of benzene rings is 1. The van der Waals surface area contributed by atoms with Crippen molar-refractivity contribution in [2.45, 2.75) is 39.0 Å². The number of nitrogens with one attached hydrogen (secondary N) is 1. The lowest BCUT2D eigenvalue weighted by Gasteiger charge is -2.31. The smallest absolute Gasteiger partial charge is 0.254 e. The Morgan fingerprint density at radius 3 is 2.71 bits per heavy atom. The topological polar surface area (TPSA) is 71.1 Å². The number of H-pyrrole nitrogens is 1. The number of hydrogen-bond donors (Lipinski definition) is 1. The van der Waals surface area contributed by atoms with Crippen LogP contribution < -0.4 is 4.74 Å². The fourth-order valence-corrected chi connectivity index (χ4v) is 3.16. The summed E-state index contributed by atoms with van der Waals surface area (Å²) in [6.45, 7) is 5.49. The normalized spacial score (nSPS) is 15.5. The van der Waals surface area contributed by atoms with Crippen LogP contribution in [-0.4, -0.2) is 46.2 Å². The fourth-order valence-electron chi connectivity index (χ4n) is 3.16. The van der Waals surface area contributed by atoms with Gasteiger partial charge in [-0.1, -0.05) is 6.92 Å². The lowest BCUT2D eigenvalue weighted by atomic mass is 9.95. The van der Waals surface area contributed by atoms with Crippen LogP contribution in [0.3, 0.4) is 0 Å². The van der Waals surface area contributed by atoms with Gasteiger partial charge < -0.3 is 9.64 Å². The van der Waals surface area contributed by atoms with Gasteiger partial charge in [-0.2, -0.15) is 5.10 Å². The molecule has 24 heavy (non-hydrogen) atoms. The van der Waals surface area contributed by atoms with E-state index in [2.05, 4.69) is 22.1 Å². The van der Waals surface area contributed by atoms with Gasteiger partial charge in [0, 0.05) is 31.0 Å². The third-order valence-electron chi connectivity index (χ3n) is 4.70. The number of amides is 1. The largest absolute Gasteiger partial charge is 0.497 e. The number of likely N-dealkylation sites (tertiary alicyclic amines) is 1. The number of aromatic nitrogens is 3. The maximum absolute atomic E-state index is 12.8. The fraction of sp³-hybridized carbons (Fsp3) is 0.500. The molecule has 0 atom stereocenters. The van der Waals surface area contributed by atoms with E-state index >= 15 is 0 Å². The molecule has 1 saturated heterocycles. The molecule has 0 radical (unpaired) electrons. The second-order valence-corrected chi connectivity index (χ2v) is 6.24. The van der Waals surface area contributed by atoms with Crippen molar-refractivity contribution in [3.63, 3.8) is 0 Å². The Labute approximate surface area is 142 Å². The van der Waals surface area contributed by atoms with E-state index < -0.39 is 0 Å². The average Bonchev–Trinajstić information content (AvgIpc) is 3.10. The van der Waals surface area contributed by atoms with Gasteiger partial charge in [-0.05, 0) is 43.5 Å². The molecule has 1 N–H and O–H groups in total. The first kappa shape index (κ1) is 16.5. The van der Waals surface area contributed by atoms with E-state index in [0.717, 1.165) is 60.9 Å². The van der Waals surface area contributed by atoms with Gasteiger partial charge in [0.1, 0.15) is 11.6 Å². The van der Waals surface area contributed by atoms with Crippen molar-refractivity contribution in [2.75, 3.05) is 20.2 Å². The lowest BCUT2D eigenvalue weighted by molar-refractivity contribution is 0.0710. The van der Waals surface area contributed by atoms with E-state index in [1.165, 1.54) is 0 Å². The van der Waals surface area contributed by atoms with Crippen molar-refractivity contribution in [2.24, 2.45) is 0 Å². The highest BCUT2D eigenvalue weighted by Gasteiger charge is 2.27. The molecule has 2 aromatic rings. The van der Waals surface area contributed by atoms with E-state index in [1.807, 2.05) is 30.0 Å². The van der Waals surface area contributed by atoms with Gasteiger partial charge in [-0.3, -0.25) is 9.89 Å². The van der Waals surface area contributed by atoms with Crippen molar-refractivity contribution < 1.29 is 9.53 Å². The minimum absolute atomic E-state index is 0.0952. The molecule has 1 aliphatic heterocycles. The maximum atomic E-state index is 12.8. The monoisotopic (exact) mass is 328 g/mol. The van der Waals surface area contributed by atoms with Crippen LogP contribution in [0.4, 0.5) is 0 Å². The minimum Gasteiger partial charge on any atom is -0.497 e. The Morgan fingerprint density at radius 2 is 2.12 bits per heavy atom. The van der Waals surface area contributed by atoms with Crippen LogP contribution in [0.25, 0.3) is 0 Å². The predicted octanol–water partition coefficient (Wildman–Crippen LogP) is 2.70. The number of methoxy groups -OCH3 is 1. The van der Waals surface area contributed by atoms with Gasteiger partial charge in [0.2, 0.25) is 0 Å². The standard InChI is InChI=1S/C18H24N4O2/c1-4-16-19-17(21-20-16)13-7-9-22(10-8-13)18(23)15-6-5-14(24-3)11-12(15)2/h5-6,11,13H,4,7-10H2,1-3H3,(H,19,20,21). The predicted molar refractivity (Wildman–Crippen MR) is 91.4 cm³/mol. The number of aryl methyl sites for hydroxylation is 2. The Kier molecular flexibility index (Phi) is 4.83. The van der Waals surface area contributed by atoms with Gasteiger partial charge >= 0.3 is 0 Å². The molecule has 1 fully saturated rings. The summed E-state index contributed by atoms with van der Waals surface area (Å²) < 4.78 is 5.21. The van der Waals surface area contributed by atoms with E-state index in [1.54, 1.807) is 7.11 Å². The van der Waals surface area contributed by atoms with Gasteiger partial charge in [-0.25, -0.2) is 4.98 Å². The highest BCUT2D eigenvalue weighted by atomic mass is 16.5. The summed E-state index contributed by atoms with van der Waals surface area (Å²) in [6.07, 6.45) is 2.67. The summed E-state index contributed by atoms with van der Waals surface area (Å²) in [5, 5.41) is 7.30. The van der Waals surface area contributed by atoms with Gasteiger partial charge in [0.05, 0.1) is 7.11 Å². The molecule has 0 bridgehead atoms. The molecule has 0 aliphatic carbocycles. The molecular formula is C18H24N4O2. The van der Waals surface area contributed by atoms with Gasteiger partial charge in [-0.15, -0.1) is 0 Å². The van der Waals surface area contributed by atoms with Crippen LogP contribution in [0.2, 0.25) is 0 Å². The van der Waals surface area contributed by atoms with Gasteiger partial charge in [0.25, 0.3) is 5.91 Å². The van der Waals surface area contributed by atoms with Crippen LogP contribution in [0.1, 0.15) is 53.3 Å². The molecule has 3 rings (SSSR count). The second-order valence-electron chi connectivity index (χ2n) is 6.24. The molecule has 6 nitrogen and oxygen atoms in total. The molecule has 0 spiro atoms. The molecule has 1 amide bonds. The Hall–Kier alpha value is -2.37. The Bertz CT molecular complexity index is 718. The molecule has 6 heteroatoms. The third-order valence-corrected chi connectivity index (χ3v) is 4.70. The van der Waals surface area contributed by atoms with E-state index in [0.29, 0.717) is 5.92 Å². The first-order chi connectivity index (χ1) is 11.6. The van der Waals surface area contributed by atoms with Crippen molar-refractivity contribution in [1.29, 1.82) is 0 Å². The van der Waals surface area contributed by atoms with Crippen molar-refractivity contribution >= 4 is 5.91 Å². The molecule has 1 aromatic heterocycles. The average molecular weight is 328 g/mol. The van der Waals surface area contributed by atoms with Crippen LogP contribution in [0.5, 0.6) is 5.75 Å². The molecule has 2 heterocycles. The number of nitrogens with zero attached hydrogens (tertiary/aromatic N) is 3. The molecule has 1 aromatic carbocycles. The molecule has 0 saturated carbocycles. The van der Waals surface area contributed by atoms with E-state index in [4.69, 9.17) is 4.74 Å². The van der Waals surface area contributed by atoms with Crippen LogP contribution in [-0.2, 0) is 6.42 Å². The molecule has 0 unspecified atom stereocenters. The third kappa shape index (κ3) is 3.27. The number of ether oxygens (including phenoxy) is 1. The quantitative estimate of drug-likeness (QED) is 0.937. The summed E-state index contributed by atoms with van der Waals surface area (Å²) in [7, 11) is 1.63. The first-order valence-electron chi connectivity index (χ1n) is 8.47. The van der Waals surface area contributed by atoms with Crippen LogP contribution in [0, 0.1) is 6.92 Å².